The van der Waals surface area contributed by atoms with Crippen LogP contribution >= 0.6 is 22.6 Å². The molecule has 1 amide bonds. The molecule has 0 bridgehead atoms. The van der Waals surface area contributed by atoms with Crippen LogP contribution in [0.5, 0.6) is 0 Å². The van der Waals surface area contributed by atoms with Crippen LogP contribution in [0.25, 0.3) is 21.8 Å². The number of halogens is 1. The van der Waals surface area contributed by atoms with E-state index in [1.54, 1.807) is 6.07 Å². The number of primary amides is 1. The largest absolute Gasteiger partial charge is 0.366 e. The monoisotopic (exact) mass is 467 g/mol. The number of fused-ring (bicyclic) bond motifs is 3. The van der Waals surface area contributed by atoms with Crippen LogP contribution in [0.3, 0.4) is 0 Å². The molecule has 0 unspecified atom stereocenters. The number of hydrogen-bond acceptors (Lipinski definition) is 1. The van der Waals surface area contributed by atoms with Crippen molar-refractivity contribution in [2.45, 2.75) is 26.3 Å². The molecule has 27 heavy (non-hydrogen) atoms. The standard InChI is InChI=1S/C23H20IN2O/c1-2-4-15-9-12-18-21(13-15)26(14-16-7-10-17(24)11-8-16)20-6-3-5-19(22(18)20)23(25)27/h3,5-11,13H,2,4,14H2,1H3,(H2,25,27). The van der Waals surface area contributed by atoms with Crippen molar-refractivity contribution in [2.24, 2.45) is 5.73 Å². The minimum Gasteiger partial charge on any atom is -0.366 e. The number of carbonyl (C=O) groups excluding carboxylic acids is 1. The second kappa shape index (κ2) is 7.35. The van der Waals surface area contributed by atoms with Gasteiger partial charge >= 0.3 is 0 Å². The van der Waals surface area contributed by atoms with Gasteiger partial charge in [-0.15, -0.1) is 0 Å². The van der Waals surface area contributed by atoms with E-state index >= 15 is 0 Å². The fourth-order valence-corrected chi connectivity index (χ4v) is 4.04. The number of carbonyl (C=O) groups is 1. The highest BCUT2D eigenvalue weighted by Crippen LogP contribution is 2.33. The van der Waals surface area contributed by atoms with Crippen LogP contribution < -0.4 is 5.73 Å². The molecule has 0 aliphatic carbocycles. The van der Waals surface area contributed by atoms with Gasteiger partial charge in [0.25, 0.3) is 0 Å². The molecular weight excluding hydrogens is 447 g/mol. The van der Waals surface area contributed by atoms with Crippen molar-refractivity contribution in [1.82, 2.24) is 4.57 Å². The maximum atomic E-state index is 12.0. The molecule has 1 radical (unpaired) electrons. The molecule has 135 valence electrons. The van der Waals surface area contributed by atoms with Crippen molar-refractivity contribution in [3.63, 3.8) is 0 Å². The Morgan fingerprint density at radius 1 is 1.11 bits per heavy atom. The summed E-state index contributed by atoms with van der Waals surface area (Å²) in [5.41, 5.74) is 10.8. The van der Waals surface area contributed by atoms with Gasteiger partial charge < -0.3 is 10.3 Å². The van der Waals surface area contributed by atoms with Gasteiger partial charge in [-0.3, -0.25) is 4.79 Å². The van der Waals surface area contributed by atoms with Gasteiger partial charge in [0.05, 0.1) is 11.0 Å². The van der Waals surface area contributed by atoms with E-state index in [1.165, 1.54) is 14.7 Å². The molecule has 1 aromatic heterocycles. The second-order valence-corrected chi connectivity index (χ2v) is 8.04. The molecule has 0 spiro atoms. The van der Waals surface area contributed by atoms with Crippen LogP contribution in [0.15, 0.2) is 54.6 Å². The van der Waals surface area contributed by atoms with E-state index < -0.39 is 5.91 Å². The van der Waals surface area contributed by atoms with Crippen molar-refractivity contribution in [3.8, 4) is 0 Å². The summed E-state index contributed by atoms with van der Waals surface area (Å²) in [5, 5.41) is 1.86. The lowest BCUT2D eigenvalue weighted by Gasteiger charge is -2.09. The maximum Gasteiger partial charge on any atom is 0.249 e. The van der Waals surface area contributed by atoms with Crippen LogP contribution in [0, 0.1) is 9.64 Å². The predicted octanol–water partition coefficient (Wildman–Crippen LogP) is 5.30. The van der Waals surface area contributed by atoms with Crippen molar-refractivity contribution < 1.29 is 4.79 Å². The molecule has 0 fully saturated rings. The number of rotatable bonds is 5. The van der Waals surface area contributed by atoms with Gasteiger partial charge in [-0.2, -0.15) is 0 Å². The third-order valence-electron chi connectivity index (χ3n) is 4.91. The number of aryl methyl sites for hydroxylation is 1. The highest BCUT2D eigenvalue weighted by molar-refractivity contribution is 14.1. The lowest BCUT2D eigenvalue weighted by Crippen LogP contribution is -2.11. The fourth-order valence-electron chi connectivity index (χ4n) is 3.68. The van der Waals surface area contributed by atoms with E-state index in [4.69, 9.17) is 5.73 Å². The summed E-state index contributed by atoms with van der Waals surface area (Å²) in [4.78, 5) is 12.0. The van der Waals surface area contributed by atoms with E-state index in [0.717, 1.165) is 41.2 Å². The minimum absolute atomic E-state index is 0.403. The molecule has 2 N–H and O–H groups in total. The first-order valence-electron chi connectivity index (χ1n) is 9.08. The first kappa shape index (κ1) is 18.0. The zero-order valence-electron chi connectivity index (χ0n) is 15.1. The quantitative estimate of drug-likeness (QED) is 0.398. The second-order valence-electron chi connectivity index (χ2n) is 6.79. The lowest BCUT2D eigenvalue weighted by molar-refractivity contribution is 0.100. The van der Waals surface area contributed by atoms with Gasteiger partial charge in [-0.1, -0.05) is 37.6 Å². The highest BCUT2D eigenvalue weighted by Gasteiger charge is 2.17. The Bertz CT molecular complexity index is 1140. The maximum absolute atomic E-state index is 12.0. The Hall–Kier alpha value is -2.34. The normalized spacial score (nSPS) is 11.3. The Morgan fingerprint density at radius 3 is 2.59 bits per heavy atom. The van der Waals surface area contributed by atoms with Crippen LogP contribution in [-0.4, -0.2) is 10.5 Å². The molecule has 0 saturated heterocycles. The summed E-state index contributed by atoms with van der Waals surface area (Å²) in [6.07, 6.45) is 2.10. The molecule has 4 aromatic rings. The zero-order chi connectivity index (χ0) is 19.0. The first-order valence-corrected chi connectivity index (χ1v) is 10.2. The summed E-state index contributed by atoms with van der Waals surface area (Å²) in [5.74, 6) is -0.403. The number of benzene rings is 3. The van der Waals surface area contributed by atoms with Crippen molar-refractivity contribution in [2.75, 3.05) is 0 Å². The highest BCUT2D eigenvalue weighted by atomic mass is 127. The van der Waals surface area contributed by atoms with Crippen molar-refractivity contribution in [1.29, 1.82) is 0 Å². The zero-order valence-corrected chi connectivity index (χ0v) is 17.3. The van der Waals surface area contributed by atoms with Gasteiger partial charge in [0.15, 0.2) is 0 Å². The van der Waals surface area contributed by atoms with Gasteiger partial charge in [0.1, 0.15) is 0 Å². The summed E-state index contributed by atoms with van der Waals surface area (Å²) in [7, 11) is 0. The van der Waals surface area contributed by atoms with Gasteiger partial charge in [0.2, 0.25) is 5.91 Å². The van der Waals surface area contributed by atoms with Crippen LogP contribution in [0.4, 0.5) is 0 Å². The molecule has 4 heteroatoms. The van der Waals surface area contributed by atoms with Gasteiger partial charge in [-0.05, 0) is 76.5 Å². The molecule has 3 nitrogen and oxygen atoms in total. The Morgan fingerprint density at radius 2 is 1.89 bits per heavy atom. The van der Waals surface area contributed by atoms with Gasteiger partial charge in [0, 0.05) is 26.5 Å². The van der Waals surface area contributed by atoms with Crippen LogP contribution in [0.1, 0.15) is 34.8 Å². The molecule has 0 atom stereocenters. The predicted molar refractivity (Wildman–Crippen MR) is 119 cm³/mol. The van der Waals surface area contributed by atoms with Gasteiger partial charge in [-0.25, -0.2) is 0 Å². The smallest absolute Gasteiger partial charge is 0.249 e. The number of hydrogen-bond donors (Lipinski definition) is 1. The van der Waals surface area contributed by atoms with Crippen molar-refractivity contribution in [3.05, 3.63) is 80.9 Å². The topological polar surface area (TPSA) is 48.0 Å². The van der Waals surface area contributed by atoms with E-state index in [-0.39, 0.29) is 0 Å². The van der Waals surface area contributed by atoms with E-state index in [2.05, 4.69) is 76.5 Å². The average molecular weight is 467 g/mol. The number of aromatic nitrogens is 1. The number of nitrogens with two attached hydrogens (primary N) is 1. The van der Waals surface area contributed by atoms with Crippen molar-refractivity contribution >= 4 is 50.3 Å². The third-order valence-corrected chi connectivity index (χ3v) is 5.63. The molecule has 3 aromatic carbocycles. The average Bonchev–Trinajstić information content (AvgIpc) is 2.97. The molecular formula is C23H20IN2O. The summed E-state index contributed by atoms with van der Waals surface area (Å²) >= 11 is 2.32. The van der Waals surface area contributed by atoms with E-state index in [0.29, 0.717) is 5.56 Å². The van der Waals surface area contributed by atoms with Crippen LogP contribution in [-0.2, 0) is 13.0 Å². The van der Waals surface area contributed by atoms with Crippen LogP contribution in [0.2, 0.25) is 0 Å². The van der Waals surface area contributed by atoms with E-state index in [1.807, 2.05) is 12.1 Å². The molecule has 1 heterocycles. The summed E-state index contributed by atoms with van der Waals surface area (Å²) in [6.45, 7) is 2.92. The summed E-state index contributed by atoms with van der Waals surface area (Å²) in [6, 6.07) is 22.0. The molecule has 4 rings (SSSR count). The Balaban J connectivity index is 2.00. The Labute approximate surface area is 172 Å². The summed E-state index contributed by atoms with van der Waals surface area (Å²) < 4.78 is 3.49. The molecule has 0 aliphatic rings. The van der Waals surface area contributed by atoms with E-state index in [9.17, 15) is 4.79 Å². The SMILES string of the molecule is CCCc1c[c]c2c3c(C(N)=O)cccc3n(Cc3ccc(I)cc3)c2c1. The minimum atomic E-state index is -0.403. The third kappa shape index (κ3) is 3.34. The number of amides is 1. The molecule has 0 saturated carbocycles. The fraction of sp³-hybridized carbons (Fsp3) is 0.174. The first-order chi connectivity index (χ1) is 13.1. The number of nitrogens with zero attached hydrogens (tertiary/aromatic N) is 1. The lowest BCUT2D eigenvalue weighted by atomic mass is 10.0. The Kier molecular flexibility index (Phi) is 4.91. The molecule has 0 aliphatic heterocycles.